The summed E-state index contributed by atoms with van der Waals surface area (Å²) in [4.78, 5) is 0. The monoisotopic (exact) mass is 465 g/mol. The molecule has 0 aromatic heterocycles. The van der Waals surface area contributed by atoms with Gasteiger partial charge in [-0.25, -0.2) is 0 Å². The highest BCUT2D eigenvalue weighted by Crippen LogP contribution is 2.09. The topological polar surface area (TPSA) is 44.5 Å². The molecule has 0 amide bonds. The third-order valence-corrected chi connectivity index (χ3v) is 6.05. The molecule has 3 nitrogen and oxygen atoms in total. The summed E-state index contributed by atoms with van der Waals surface area (Å²) in [5, 5.41) is 0. The maximum absolute atomic E-state index is 6.08. The minimum absolute atomic E-state index is 0.0131. The van der Waals surface area contributed by atoms with Crippen molar-refractivity contribution in [3.05, 3.63) is 24.3 Å². The Labute approximate surface area is 208 Å². The van der Waals surface area contributed by atoms with Crippen molar-refractivity contribution in [2.45, 2.75) is 142 Å². The van der Waals surface area contributed by atoms with Crippen molar-refractivity contribution in [2.75, 3.05) is 26.4 Å². The molecule has 0 saturated heterocycles. The van der Waals surface area contributed by atoms with Crippen molar-refractivity contribution in [3.8, 4) is 0 Å². The molecular weight excluding hydrogens is 406 g/mol. The van der Waals surface area contributed by atoms with Crippen LogP contribution in [0.1, 0.15) is 136 Å². The third-order valence-electron chi connectivity index (χ3n) is 6.05. The van der Waals surface area contributed by atoms with E-state index < -0.39 is 0 Å². The summed E-state index contributed by atoms with van der Waals surface area (Å²) in [6.45, 7) is 7.44. The molecule has 0 heterocycles. The zero-order valence-electron chi connectivity index (χ0n) is 22.5. The van der Waals surface area contributed by atoms with Gasteiger partial charge in [0.2, 0.25) is 0 Å². The lowest BCUT2D eigenvalue weighted by Crippen LogP contribution is -2.31. The van der Waals surface area contributed by atoms with Gasteiger partial charge in [-0.1, -0.05) is 115 Å². The van der Waals surface area contributed by atoms with Crippen LogP contribution in [0.15, 0.2) is 24.3 Å². The fourth-order valence-electron chi connectivity index (χ4n) is 3.87. The van der Waals surface area contributed by atoms with Crippen LogP contribution in [-0.4, -0.2) is 32.5 Å². The molecule has 0 aliphatic rings. The molecular formula is C30H59NO2. The van der Waals surface area contributed by atoms with E-state index in [-0.39, 0.29) is 6.04 Å². The number of allylic oxidation sites excluding steroid dienone is 4. The third kappa shape index (κ3) is 29.3. The lowest BCUT2D eigenvalue weighted by molar-refractivity contribution is 0.0644. The molecule has 33 heavy (non-hydrogen) atoms. The second-order valence-corrected chi connectivity index (χ2v) is 9.62. The van der Waals surface area contributed by atoms with E-state index in [0.717, 1.165) is 32.5 Å². The zero-order chi connectivity index (χ0) is 24.1. The smallest absolute Gasteiger partial charge is 0.0640 e. The van der Waals surface area contributed by atoms with Crippen LogP contribution in [0.25, 0.3) is 0 Å². The average Bonchev–Trinajstić information content (AvgIpc) is 2.82. The summed E-state index contributed by atoms with van der Waals surface area (Å²) in [7, 11) is 0. The first-order valence-corrected chi connectivity index (χ1v) is 14.5. The molecule has 0 fully saturated rings. The van der Waals surface area contributed by atoms with Crippen molar-refractivity contribution >= 4 is 0 Å². The number of ether oxygens (including phenoxy) is 2. The van der Waals surface area contributed by atoms with E-state index in [1.165, 1.54) is 103 Å². The van der Waals surface area contributed by atoms with Gasteiger partial charge in [-0.3, -0.25) is 0 Å². The normalized spacial score (nSPS) is 12.9. The Hall–Kier alpha value is -0.640. The lowest BCUT2D eigenvalue weighted by atomic mass is 10.1. The fraction of sp³-hybridized carbons (Fsp3) is 0.867. The Morgan fingerprint density at radius 2 is 0.909 bits per heavy atom. The summed E-state index contributed by atoms with van der Waals surface area (Å²) >= 11 is 0. The number of hydrogen-bond acceptors (Lipinski definition) is 3. The van der Waals surface area contributed by atoms with Crippen LogP contribution in [0.5, 0.6) is 0 Å². The molecule has 1 unspecified atom stereocenters. The molecule has 0 aliphatic heterocycles. The van der Waals surface area contributed by atoms with E-state index in [4.69, 9.17) is 15.2 Å². The predicted octanol–water partition coefficient (Wildman–Crippen LogP) is 8.91. The Morgan fingerprint density at radius 1 is 0.515 bits per heavy atom. The first-order valence-electron chi connectivity index (χ1n) is 14.5. The van der Waals surface area contributed by atoms with Gasteiger partial charge in [-0.2, -0.15) is 0 Å². The van der Waals surface area contributed by atoms with E-state index >= 15 is 0 Å². The fourth-order valence-corrected chi connectivity index (χ4v) is 3.87. The van der Waals surface area contributed by atoms with Crippen LogP contribution in [0.2, 0.25) is 0 Å². The molecule has 1 atom stereocenters. The SMILES string of the molecule is CCCCC/C=C\C/C=C\CCCCCCCCOCC(N)COCCCCCCCCC. The van der Waals surface area contributed by atoms with Crippen LogP contribution in [0.4, 0.5) is 0 Å². The van der Waals surface area contributed by atoms with Crippen LogP contribution in [-0.2, 0) is 9.47 Å². The number of rotatable bonds is 27. The number of unbranched alkanes of at least 4 members (excludes halogenated alkanes) is 15. The van der Waals surface area contributed by atoms with Gasteiger partial charge in [0.1, 0.15) is 0 Å². The highest BCUT2D eigenvalue weighted by molar-refractivity contribution is 4.92. The molecule has 0 aromatic carbocycles. The first-order chi connectivity index (χ1) is 16.3. The van der Waals surface area contributed by atoms with Crippen molar-refractivity contribution in [3.63, 3.8) is 0 Å². The van der Waals surface area contributed by atoms with E-state index in [1.807, 2.05) is 0 Å². The number of hydrogen-bond donors (Lipinski definition) is 1. The van der Waals surface area contributed by atoms with Gasteiger partial charge in [0.25, 0.3) is 0 Å². The van der Waals surface area contributed by atoms with Crippen molar-refractivity contribution in [1.29, 1.82) is 0 Å². The maximum Gasteiger partial charge on any atom is 0.0640 e. The molecule has 0 aliphatic carbocycles. The van der Waals surface area contributed by atoms with Gasteiger partial charge in [-0.05, 0) is 44.9 Å². The highest BCUT2D eigenvalue weighted by Gasteiger charge is 2.03. The second-order valence-electron chi connectivity index (χ2n) is 9.62. The van der Waals surface area contributed by atoms with E-state index in [1.54, 1.807) is 0 Å². The molecule has 0 rings (SSSR count). The average molecular weight is 466 g/mol. The van der Waals surface area contributed by atoms with Crippen molar-refractivity contribution in [2.24, 2.45) is 5.73 Å². The predicted molar refractivity (Wildman–Crippen MR) is 147 cm³/mol. The highest BCUT2D eigenvalue weighted by atomic mass is 16.5. The summed E-state index contributed by atoms with van der Waals surface area (Å²) in [5.41, 5.74) is 6.08. The minimum Gasteiger partial charge on any atom is -0.380 e. The van der Waals surface area contributed by atoms with Gasteiger partial charge >= 0.3 is 0 Å². The molecule has 0 bridgehead atoms. The molecule has 196 valence electrons. The quantitative estimate of drug-likeness (QED) is 0.0972. The van der Waals surface area contributed by atoms with Gasteiger partial charge in [-0.15, -0.1) is 0 Å². The van der Waals surface area contributed by atoms with Crippen LogP contribution >= 0.6 is 0 Å². The van der Waals surface area contributed by atoms with Gasteiger partial charge in [0.05, 0.1) is 19.3 Å². The Bertz CT molecular complexity index is 408. The molecule has 2 N–H and O–H groups in total. The molecule has 0 spiro atoms. The van der Waals surface area contributed by atoms with Gasteiger partial charge in [0, 0.05) is 13.2 Å². The van der Waals surface area contributed by atoms with E-state index in [2.05, 4.69) is 38.2 Å². The van der Waals surface area contributed by atoms with Gasteiger partial charge in [0.15, 0.2) is 0 Å². The molecule has 0 saturated carbocycles. The van der Waals surface area contributed by atoms with Crippen LogP contribution in [0.3, 0.4) is 0 Å². The summed E-state index contributed by atoms with van der Waals surface area (Å²) in [5.74, 6) is 0. The van der Waals surface area contributed by atoms with Crippen LogP contribution in [0, 0.1) is 0 Å². The molecule has 0 aromatic rings. The van der Waals surface area contributed by atoms with Crippen LogP contribution < -0.4 is 5.73 Å². The second kappa shape index (κ2) is 29.4. The van der Waals surface area contributed by atoms with Crippen molar-refractivity contribution < 1.29 is 9.47 Å². The summed E-state index contributed by atoms with van der Waals surface area (Å²) in [6.07, 6.45) is 33.9. The van der Waals surface area contributed by atoms with E-state index in [0.29, 0.717) is 13.2 Å². The molecule has 0 radical (unpaired) electrons. The van der Waals surface area contributed by atoms with Crippen molar-refractivity contribution in [1.82, 2.24) is 0 Å². The summed E-state index contributed by atoms with van der Waals surface area (Å²) in [6, 6.07) is 0.0131. The summed E-state index contributed by atoms with van der Waals surface area (Å²) < 4.78 is 11.4. The maximum atomic E-state index is 6.08. The van der Waals surface area contributed by atoms with E-state index in [9.17, 15) is 0 Å². The largest absolute Gasteiger partial charge is 0.380 e. The minimum atomic E-state index is 0.0131. The zero-order valence-corrected chi connectivity index (χ0v) is 22.5. The first kappa shape index (κ1) is 32.4. The standard InChI is InChI=1S/C30H59NO2/c1-3-5-7-9-11-12-13-14-15-16-17-18-19-21-23-25-27-33-29-30(31)28-32-26-24-22-20-10-8-6-4-2/h11-12,14-15,30H,3-10,13,16-29,31H2,1-2H3/b12-11-,15-14-. The Balaban J connectivity index is 3.21. The number of nitrogens with two attached hydrogens (primary N) is 1. The molecule has 3 heteroatoms. The Morgan fingerprint density at radius 3 is 1.42 bits per heavy atom. The van der Waals surface area contributed by atoms with Gasteiger partial charge < -0.3 is 15.2 Å². The lowest BCUT2D eigenvalue weighted by Gasteiger charge is -2.12. The Kier molecular flexibility index (Phi) is 28.8.